The molecule has 0 radical (unpaired) electrons. The van der Waals surface area contributed by atoms with Crippen molar-refractivity contribution in [1.82, 2.24) is 5.32 Å². The Morgan fingerprint density at radius 2 is 1.81 bits per heavy atom. The molecule has 3 aromatic carbocycles. The molecular formula is C26H23ClN2O3. The molecule has 0 spiro atoms. The van der Waals surface area contributed by atoms with Gasteiger partial charge in [0.1, 0.15) is 0 Å². The van der Waals surface area contributed by atoms with Crippen LogP contribution in [0.1, 0.15) is 45.1 Å². The molecule has 1 amide bonds. The van der Waals surface area contributed by atoms with Crippen LogP contribution in [-0.4, -0.2) is 31.2 Å². The summed E-state index contributed by atoms with van der Waals surface area (Å²) in [6.07, 6.45) is 0.941. The molecule has 0 saturated carbocycles. The molecule has 5 nitrogen and oxygen atoms in total. The van der Waals surface area contributed by atoms with Gasteiger partial charge in [-0.3, -0.25) is 14.6 Å². The number of ether oxygens (including phenoxy) is 1. The van der Waals surface area contributed by atoms with E-state index in [2.05, 4.69) is 5.32 Å². The van der Waals surface area contributed by atoms with Gasteiger partial charge >= 0.3 is 5.97 Å². The first-order valence-corrected chi connectivity index (χ1v) is 10.8. The summed E-state index contributed by atoms with van der Waals surface area (Å²) in [6.45, 7) is 0.721. The summed E-state index contributed by atoms with van der Waals surface area (Å²) in [5.74, 6) is -0.648. The van der Waals surface area contributed by atoms with E-state index in [4.69, 9.17) is 21.3 Å². The predicted molar refractivity (Wildman–Crippen MR) is 125 cm³/mol. The van der Waals surface area contributed by atoms with E-state index in [9.17, 15) is 9.59 Å². The van der Waals surface area contributed by atoms with Gasteiger partial charge in [0.05, 0.1) is 25.3 Å². The number of esters is 1. The lowest BCUT2D eigenvalue weighted by Crippen LogP contribution is -2.30. The maximum absolute atomic E-state index is 12.9. The molecule has 1 N–H and O–H groups in total. The van der Waals surface area contributed by atoms with Crippen LogP contribution < -0.4 is 5.32 Å². The van der Waals surface area contributed by atoms with Crippen molar-refractivity contribution in [3.63, 3.8) is 0 Å². The number of carbonyl (C=O) groups excluding carboxylic acids is 2. The lowest BCUT2D eigenvalue weighted by atomic mass is 9.93. The quantitative estimate of drug-likeness (QED) is 0.555. The first-order valence-electron chi connectivity index (χ1n) is 10.4. The van der Waals surface area contributed by atoms with Crippen molar-refractivity contribution in [2.75, 3.05) is 13.7 Å². The van der Waals surface area contributed by atoms with Gasteiger partial charge in [-0.05, 0) is 41.8 Å². The van der Waals surface area contributed by atoms with E-state index in [1.807, 2.05) is 60.7 Å². The Balaban J connectivity index is 1.54. The van der Waals surface area contributed by atoms with Gasteiger partial charge in [-0.1, -0.05) is 60.1 Å². The normalized spacial score (nSPS) is 13.5. The lowest BCUT2D eigenvalue weighted by Gasteiger charge is -2.19. The maximum Gasteiger partial charge on any atom is 0.307 e. The third kappa shape index (κ3) is 4.89. The van der Waals surface area contributed by atoms with Gasteiger partial charge in [-0.25, -0.2) is 0 Å². The number of nitrogens with one attached hydrogen (secondary N) is 1. The number of fused-ring (bicyclic) bond motifs is 1. The average Bonchev–Trinajstić information content (AvgIpc) is 2.83. The Kier molecular flexibility index (Phi) is 6.66. The van der Waals surface area contributed by atoms with E-state index in [-0.39, 0.29) is 18.3 Å². The fourth-order valence-corrected chi connectivity index (χ4v) is 3.99. The molecule has 0 saturated heterocycles. The molecule has 0 fully saturated rings. The molecule has 1 aliphatic heterocycles. The van der Waals surface area contributed by atoms with Crippen LogP contribution in [0, 0.1) is 0 Å². The number of aliphatic imine (C=N–C) groups is 1. The monoisotopic (exact) mass is 446 g/mol. The molecule has 162 valence electrons. The molecule has 1 atom stereocenters. The van der Waals surface area contributed by atoms with Crippen molar-refractivity contribution in [3.8, 4) is 0 Å². The molecule has 0 aromatic heterocycles. The summed E-state index contributed by atoms with van der Waals surface area (Å²) < 4.78 is 4.80. The summed E-state index contributed by atoms with van der Waals surface area (Å²) in [7, 11) is 1.34. The van der Waals surface area contributed by atoms with E-state index in [1.165, 1.54) is 12.7 Å². The number of carbonyl (C=O) groups is 2. The van der Waals surface area contributed by atoms with Crippen LogP contribution in [0.4, 0.5) is 0 Å². The molecule has 1 aliphatic rings. The Bertz CT molecular complexity index is 1160. The molecule has 0 bridgehead atoms. The Morgan fingerprint density at radius 1 is 1.06 bits per heavy atom. The topological polar surface area (TPSA) is 67.8 Å². The van der Waals surface area contributed by atoms with Crippen LogP contribution >= 0.6 is 11.6 Å². The molecule has 1 unspecified atom stereocenters. The van der Waals surface area contributed by atoms with Crippen molar-refractivity contribution < 1.29 is 14.3 Å². The summed E-state index contributed by atoms with van der Waals surface area (Å²) >= 11 is 6.20. The minimum absolute atomic E-state index is 0.0543. The van der Waals surface area contributed by atoms with E-state index in [0.29, 0.717) is 10.6 Å². The highest BCUT2D eigenvalue weighted by Crippen LogP contribution is 2.24. The van der Waals surface area contributed by atoms with Crippen LogP contribution in [-0.2, 0) is 16.0 Å². The second-order valence-electron chi connectivity index (χ2n) is 7.58. The minimum Gasteiger partial charge on any atom is -0.469 e. The Labute approximate surface area is 192 Å². The van der Waals surface area contributed by atoms with Crippen LogP contribution in [0.3, 0.4) is 0 Å². The van der Waals surface area contributed by atoms with E-state index in [1.54, 1.807) is 12.1 Å². The summed E-state index contributed by atoms with van der Waals surface area (Å²) in [5, 5.41) is 3.62. The van der Waals surface area contributed by atoms with E-state index < -0.39 is 6.04 Å². The predicted octanol–water partition coefficient (Wildman–Crippen LogP) is 4.77. The number of amides is 1. The summed E-state index contributed by atoms with van der Waals surface area (Å²) in [6, 6.07) is 22.1. The van der Waals surface area contributed by atoms with Crippen LogP contribution in [0.5, 0.6) is 0 Å². The first-order chi connectivity index (χ1) is 15.5. The number of rotatable bonds is 6. The second kappa shape index (κ2) is 9.79. The van der Waals surface area contributed by atoms with Gasteiger partial charge in [-0.15, -0.1) is 0 Å². The molecule has 6 heteroatoms. The highest BCUT2D eigenvalue weighted by molar-refractivity contribution is 6.31. The maximum atomic E-state index is 12.9. The van der Waals surface area contributed by atoms with Gasteiger partial charge < -0.3 is 10.1 Å². The van der Waals surface area contributed by atoms with Crippen LogP contribution in [0.2, 0.25) is 5.02 Å². The zero-order valence-electron chi connectivity index (χ0n) is 17.7. The number of halogens is 1. The van der Waals surface area contributed by atoms with E-state index >= 15 is 0 Å². The number of hydrogen-bond acceptors (Lipinski definition) is 4. The van der Waals surface area contributed by atoms with Crippen molar-refractivity contribution in [2.24, 2.45) is 4.99 Å². The van der Waals surface area contributed by atoms with Crippen molar-refractivity contribution in [3.05, 3.63) is 106 Å². The largest absolute Gasteiger partial charge is 0.469 e. The minimum atomic E-state index is -0.479. The molecule has 0 aliphatic carbocycles. The highest BCUT2D eigenvalue weighted by Gasteiger charge is 2.20. The number of methoxy groups -OCH3 is 1. The first kappa shape index (κ1) is 21.8. The SMILES string of the molecule is COC(=O)CC(NC(=O)c1ccc(C2=NCCc3ccc(Cl)cc32)cc1)c1ccccc1. The highest BCUT2D eigenvalue weighted by atomic mass is 35.5. The van der Waals surface area contributed by atoms with E-state index in [0.717, 1.165) is 35.4 Å². The van der Waals surface area contributed by atoms with Crippen molar-refractivity contribution >= 4 is 29.2 Å². The molecular weight excluding hydrogens is 424 g/mol. The Morgan fingerprint density at radius 3 is 2.53 bits per heavy atom. The molecule has 4 rings (SSSR count). The van der Waals surface area contributed by atoms with Gasteiger partial charge in [-0.2, -0.15) is 0 Å². The van der Waals surface area contributed by atoms with Crippen molar-refractivity contribution in [2.45, 2.75) is 18.9 Å². The smallest absolute Gasteiger partial charge is 0.307 e. The van der Waals surface area contributed by atoms with Gasteiger partial charge in [0.25, 0.3) is 5.91 Å². The molecule has 1 heterocycles. The molecule has 3 aromatic rings. The lowest BCUT2D eigenvalue weighted by molar-refractivity contribution is -0.141. The zero-order chi connectivity index (χ0) is 22.5. The fourth-order valence-electron chi connectivity index (χ4n) is 3.82. The summed E-state index contributed by atoms with van der Waals surface area (Å²) in [4.78, 5) is 29.5. The van der Waals surface area contributed by atoms with Crippen LogP contribution in [0.25, 0.3) is 0 Å². The standard InChI is InChI=1S/C26H23ClN2O3/c1-32-24(30)16-23(18-5-3-2-4-6-18)29-26(31)20-9-7-19(8-10-20)25-22-15-21(27)12-11-17(22)13-14-28-25/h2-12,15,23H,13-14,16H2,1H3,(H,29,31). The third-order valence-corrected chi connectivity index (χ3v) is 5.74. The second-order valence-corrected chi connectivity index (χ2v) is 8.01. The summed E-state index contributed by atoms with van der Waals surface area (Å²) in [5.41, 5.74) is 5.40. The van der Waals surface area contributed by atoms with Crippen LogP contribution in [0.15, 0.2) is 77.8 Å². The number of benzene rings is 3. The Hall–Kier alpha value is -3.44. The fraction of sp³-hybridized carbons (Fsp3) is 0.192. The number of nitrogens with zero attached hydrogens (tertiary/aromatic N) is 1. The average molecular weight is 447 g/mol. The third-order valence-electron chi connectivity index (χ3n) is 5.50. The van der Waals surface area contributed by atoms with Gasteiger partial charge in [0.15, 0.2) is 0 Å². The molecule has 32 heavy (non-hydrogen) atoms. The van der Waals surface area contributed by atoms with Gasteiger partial charge in [0, 0.05) is 28.3 Å². The zero-order valence-corrected chi connectivity index (χ0v) is 18.4. The van der Waals surface area contributed by atoms with Crippen molar-refractivity contribution in [1.29, 1.82) is 0 Å². The number of hydrogen-bond donors (Lipinski definition) is 1. The van der Waals surface area contributed by atoms with Gasteiger partial charge in [0.2, 0.25) is 0 Å².